The highest BCUT2D eigenvalue weighted by Gasteiger charge is 2.12. The molecular weight excluding hydrogens is 264 g/mol. The molecule has 0 amide bonds. The van der Waals surface area contributed by atoms with Gasteiger partial charge in [-0.2, -0.15) is 0 Å². The van der Waals surface area contributed by atoms with E-state index in [0.717, 1.165) is 5.56 Å². The lowest BCUT2D eigenvalue weighted by atomic mass is 10.1. The Morgan fingerprint density at radius 3 is 2.74 bits per heavy atom. The lowest BCUT2D eigenvalue weighted by molar-refractivity contribution is 0.0699. The van der Waals surface area contributed by atoms with Crippen molar-refractivity contribution in [1.82, 2.24) is 0 Å². The predicted octanol–water partition coefficient (Wildman–Crippen LogP) is 2.56. The van der Waals surface area contributed by atoms with Gasteiger partial charge in [0.25, 0.3) is 0 Å². The molecule has 0 unspecified atom stereocenters. The molecule has 0 aliphatic heterocycles. The van der Waals surface area contributed by atoms with E-state index in [-0.39, 0.29) is 13.2 Å². The molecule has 0 fully saturated rings. The molecular formula is C14H14O4S. The highest BCUT2D eigenvalue weighted by Crippen LogP contribution is 2.22. The minimum Gasteiger partial charge on any atom is -0.489 e. The molecule has 5 heteroatoms. The highest BCUT2D eigenvalue weighted by molar-refractivity contribution is 7.12. The van der Waals surface area contributed by atoms with Crippen LogP contribution in [-0.2, 0) is 13.0 Å². The normalized spacial score (nSPS) is 10.4. The zero-order valence-corrected chi connectivity index (χ0v) is 11.0. The van der Waals surface area contributed by atoms with Crippen LogP contribution in [0.3, 0.4) is 0 Å². The van der Waals surface area contributed by atoms with E-state index in [1.54, 1.807) is 11.4 Å². The number of para-hydroxylation sites is 1. The molecule has 0 saturated heterocycles. The maximum atomic E-state index is 11.0. The summed E-state index contributed by atoms with van der Waals surface area (Å²) in [5.74, 6) is -0.253. The smallest absolute Gasteiger partial charge is 0.346 e. The first-order valence-corrected chi connectivity index (χ1v) is 6.71. The number of benzene rings is 1. The van der Waals surface area contributed by atoms with Crippen LogP contribution in [0, 0.1) is 0 Å². The molecule has 1 aromatic heterocycles. The number of aliphatic hydroxyl groups is 1. The van der Waals surface area contributed by atoms with Crippen LogP contribution < -0.4 is 4.74 Å². The maximum absolute atomic E-state index is 11.0. The number of hydrogen-bond donors (Lipinski definition) is 2. The number of carboxylic acids is 1. The molecule has 100 valence electrons. The van der Waals surface area contributed by atoms with Crippen LogP contribution in [0.15, 0.2) is 35.7 Å². The summed E-state index contributed by atoms with van der Waals surface area (Å²) in [5, 5.41) is 19.7. The van der Waals surface area contributed by atoms with Crippen LogP contribution in [0.1, 0.15) is 20.8 Å². The maximum Gasteiger partial charge on any atom is 0.346 e. The van der Waals surface area contributed by atoms with Gasteiger partial charge in [-0.25, -0.2) is 4.79 Å². The Morgan fingerprint density at radius 2 is 2.00 bits per heavy atom. The molecule has 2 rings (SSSR count). The number of hydrogen-bond acceptors (Lipinski definition) is 4. The van der Waals surface area contributed by atoms with Crippen molar-refractivity contribution in [2.24, 2.45) is 0 Å². The number of thiophene rings is 1. The Hall–Kier alpha value is -1.85. The Labute approximate surface area is 114 Å². The lowest BCUT2D eigenvalue weighted by Gasteiger charge is -2.10. The molecule has 19 heavy (non-hydrogen) atoms. The van der Waals surface area contributed by atoms with Crippen molar-refractivity contribution in [3.05, 3.63) is 51.7 Å². The van der Waals surface area contributed by atoms with Crippen molar-refractivity contribution < 1.29 is 19.7 Å². The molecule has 0 aliphatic rings. The van der Waals surface area contributed by atoms with Gasteiger partial charge in [-0.05, 0) is 29.5 Å². The molecule has 0 saturated carbocycles. The molecule has 2 aromatic rings. The van der Waals surface area contributed by atoms with Crippen LogP contribution in [0.4, 0.5) is 0 Å². The van der Waals surface area contributed by atoms with Crippen LogP contribution >= 0.6 is 11.3 Å². The third kappa shape index (κ3) is 3.33. The first-order valence-electron chi connectivity index (χ1n) is 5.83. The predicted molar refractivity (Wildman–Crippen MR) is 72.8 cm³/mol. The second-order valence-electron chi connectivity index (χ2n) is 3.95. The Bertz CT molecular complexity index is 562. The fourth-order valence-corrected chi connectivity index (χ4v) is 2.51. The van der Waals surface area contributed by atoms with E-state index in [9.17, 15) is 4.79 Å². The van der Waals surface area contributed by atoms with Crippen molar-refractivity contribution in [3.8, 4) is 5.75 Å². The van der Waals surface area contributed by atoms with Gasteiger partial charge in [0, 0.05) is 12.2 Å². The second kappa shape index (κ2) is 6.36. The number of ether oxygens (including phenoxy) is 1. The highest BCUT2D eigenvalue weighted by atomic mass is 32.1. The van der Waals surface area contributed by atoms with E-state index in [4.69, 9.17) is 14.9 Å². The number of carbonyl (C=O) groups is 1. The average molecular weight is 278 g/mol. The van der Waals surface area contributed by atoms with Gasteiger partial charge in [0.2, 0.25) is 0 Å². The van der Waals surface area contributed by atoms with Gasteiger partial charge in [-0.3, -0.25) is 0 Å². The van der Waals surface area contributed by atoms with Gasteiger partial charge in [-0.1, -0.05) is 18.2 Å². The summed E-state index contributed by atoms with van der Waals surface area (Å²) in [6.45, 7) is 0.271. The van der Waals surface area contributed by atoms with Crippen molar-refractivity contribution in [2.75, 3.05) is 6.61 Å². The Kier molecular flexibility index (Phi) is 4.54. The lowest BCUT2D eigenvalue weighted by Crippen LogP contribution is -2.03. The van der Waals surface area contributed by atoms with E-state index >= 15 is 0 Å². The summed E-state index contributed by atoms with van der Waals surface area (Å²) >= 11 is 1.19. The summed E-state index contributed by atoms with van der Waals surface area (Å²) < 4.78 is 5.66. The molecule has 0 aliphatic carbocycles. The second-order valence-corrected chi connectivity index (χ2v) is 4.87. The minimum absolute atomic E-state index is 0.0548. The zero-order chi connectivity index (χ0) is 13.7. The standard InChI is InChI=1S/C14H14O4S/c15-7-5-10-3-1-2-4-12(10)18-9-11-6-8-19-13(11)14(16)17/h1-4,6,8,15H,5,7,9H2,(H,16,17). The summed E-state index contributed by atoms with van der Waals surface area (Å²) in [6, 6.07) is 9.19. The third-order valence-corrected chi connectivity index (χ3v) is 3.62. The molecule has 0 atom stereocenters. The van der Waals surface area contributed by atoms with E-state index in [2.05, 4.69) is 0 Å². The fourth-order valence-electron chi connectivity index (χ4n) is 1.76. The zero-order valence-electron chi connectivity index (χ0n) is 10.2. The van der Waals surface area contributed by atoms with Crippen LogP contribution in [0.5, 0.6) is 5.75 Å². The molecule has 0 spiro atoms. The number of aliphatic hydroxyl groups excluding tert-OH is 1. The van der Waals surface area contributed by atoms with E-state index < -0.39 is 5.97 Å². The molecule has 1 heterocycles. The summed E-state index contributed by atoms with van der Waals surface area (Å²) in [5.41, 5.74) is 1.58. The van der Waals surface area contributed by atoms with E-state index in [1.807, 2.05) is 24.3 Å². The summed E-state index contributed by atoms with van der Waals surface area (Å²) in [4.78, 5) is 11.3. The summed E-state index contributed by atoms with van der Waals surface area (Å²) in [6.07, 6.45) is 0.519. The SMILES string of the molecule is O=C(O)c1sccc1COc1ccccc1CCO. The van der Waals surface area contributed by atoms with Crippen molar-refractivity contribution in [3.63, 3.8) is 0 Å². The van der Waals surface area contributed by atoms with Gasteiger partial charge < -0.3 is 14.9 Å². The molecule has 2 N–H and O–H groups in total. The van der Waals surface area contributed by atoms with Crippen molar-refractivity contribution >= 4 is 17.3 Å². The minimum atomic E-state index is -0.933. The van der Waals surface area contributed by atoms with E-state index in [1.165, 1.54) is 11.3 Å². The van der Waals surface area contributed by atoms with Crippen LogP contribution in [0.2, 0.25) is 0 Å². The Balaban J connectivity index is 2.10. The number of aromatic carboxylic acids is 1. The number of carboxylic acid groups (broad SMARTS) is 1. The molecule has 0 bridgehead atoms. The van der Waals surface area contributed by atoms with Crippen LogP contribution in [0.25, 0.3) is 0 Å². The molecule has 1 aromatic carbocycles. The first kappa shape index (κ1) is 13.6. The summed E-state index contributed by atoms with van der Waals surface area (Å²) in [7, 11) is 0. The van der Waals surface area contributed by atoms with Crippen molar-refractivity contribution in [1.29, 1.82) is 0 Å². The van der Waals surface area contributed by atoms with Crippen LogP contribution in [-0.4, -0.2) is 22.8 Å². The first-order chi connectivity index (χ1) is 9.22. The van der Waals surface area contributed by atoms with Gasteiger partial charge in [0.15, 0.2) is 0 Å². The fraction of sp³-hybridized carbons (Fsp3) is 0.214. The van der Waals surface area contributed by atoms with Gasteiger partial charge in [-0.15, -0.1) is 11.3 Å². The number of rotatable bonds is 6. The Morgan fingerprint density at radius 1 is 1.21 bits per heavy atom. The van der Waals surface area contributed by atoms with Crippen molar-refractivity contribution in [2.45, 2.75) is 13.0 Å². The largest absolute Gasteiger partial charge is 0.489 e. The van der Waals surface area contributed by atoms with Gasteiger partial charge in [0.1, 0.15) is 17.2 Å². The molecule has 0 radical (unpaired) electrons. The monoisotopic (exact) mass is 278 g/mol. The third-order valence-electron chi connectivity index (χ3n) is 2.68. The topological polar surface area (TPSA) is 66.8 Å². The van der Waals surface area contributed by atoms with Gasteiger partial charge in [0.05, 0.1) is 0 Å². The quantitative estimate of drug-likeness (QED) is 0.852. The average Bonchev–Trinajstić information content (AvgIpc) is 2.86. The van der Waals surface area contributed by atoms with E-state index in [0.29, 0.717) is 22.6 Å². The van der Waals surface area contributed by atoms with Gasteiger partial charge >= 0.3 is 5.97 Å². The molecule has 4 nitrogen and oxygen atoms in total.